The maximum Gasteiger partial charge on any atom is 0.333 e. The molecule has 1 aromatic carbocycles. The fraction of sp³-hybridized carbons (Fsp3) is 0.375. The van der Waals surface area contributed by atoms with Gasteiger partial charge in [0.15, 0.2) is 0 Å². The van der Waals surface area contributed by atoms with Gasteiger partial charge >= 0.3 is 10.3 Å². The number of carbonyl (C=O) groups excluding carboxylic acids is 1. The van der Waals surface area contributed by atoms with Gasteiger partial charge in [0.25, 0.3) is 0 Å². The third kappa shape index (κ3) is 5.88. The topological polar surface area (TPSA) is 154 Å². The Hall–Kier alpha value is -2.52. The average Bonchev–Trinajstić information content (AvgIpc) is 3.43. The van der Waals surface area contributed by atoms with Crippen molar-refractivity contribution < 1.29 is 31.6 Å². The molecular formula is C24H24ClFN4O6S2. The van der Waals surface area contributed by atoms with E-state index in [1.807, 2.05) is 0 Å². The lowest BCUT2D eigenvalue weighted by Crippen LogP contribution is -2.24. The summed E-state index contributed by atoms with van der Waals surface area (Å²) in [4.78, 5) is 22.1. The summed E-state index contributed by atoms with van der Waals surface area (Å²) in [6.07, 6.45) is 2.58. The van der Waals surface area contributed by atoms with E-state index >= 15 is 0 Å². The van der Waals surface area contributed by atoms with Crippen LogP contribution >= 0.6 is 22.9 Å². The molecule has 0 saturated heterocycles. The minimum Gasteiger partial charge on any atom is -0.393 e. The minimum absolute atomic E-state index is 0.201. The molecule has 1 fully saturated rings. The van der Waals surface area contributed by atoms with Crippen molar-refractivity contribution in [3.05, 3.63) is 74.1 Å². The Bertz CT molecular complexity index is 1470. The lowest BCUT2D eigenvalue weighted by molar-refractivity contribution is 0.0698. The lowest BCUT2D eigenvalue weighted by Gasteiger charge is -2.26. The standard InChI is InChI=1S/C24H24ClFN4O6S2/c25-23-17(22-16-6-14(26)2-1-12(16)3-4-35-22)8-20(37-23)21(32)18-9-28-11-29-24(18)30-15-5-13(19(31)7-15)10-36-38(27,33)34/h1-2,6,8-9,11,13,15,19,22,31H,3-5,7,10H2,(H2,27,33,34)(H,28,29,30)/t13-,15-,19+,22-/m1/s1. The second kappa shape index (κ2) is 10.9. The van der Waals surface area contributed by atoms with E-state index in [1.54, 1.807) is 12.1 Å². The number of fused-ring (bicyclic) bond motifs is 1. The van der Waals surface area contributed by atoms with Crippen LogP contribution in [-0.4, -0.2) is 54.6 Å². The summed E-state index contributed by atoms with van der Waals surface area (Å²) in [7, 11) is -4.12. The zero-order valence-electron chi connectivity index (χ0n) is 19.8. The van der Waals surface area contributed by atoms with E-state index in [4.69, 9.17) is 21.5 Å². The Morgan fingerprint density at radius 2 is 2.13 bits per heavy atom. The Kier molecular flexibility index (Phi) is 7.78. The molecule has 0 amide bonds. The first-order valence-corrected chi connectivity index (χ1v) is 14.4. The van der Waals surface area contributed by atoms with Crippen molar-refractivity contribution >= 4 is 44.8 Å². The van der Waals surface area contributed by atoms with Gasteiger partial charge in [-0.1, -0.05) is 17.7 Å². The van der Waals surface area contributed by atoms with Crippen LogP contribution in [0.25, 0.3) is 0 Å². The number of ketones is 1. The summed E-state index contributed by atoms with van der Waals surface area (Å²) in [5.74, 6) is -0.944. The van der Waals surface area contributed by atoms with Crippen molar-refractivity contribution in [3.8, 4) is 0 Å². The summed E-state index contributed by atoms with van der Waals surface area (Å²) in [5.41, 5.74) is 2.43. The molecule has 1 aliphatic carbocycles. The Morgan fingerprint density at radius 3 is 2.92 bits per heavy atom. The van der Waals surface area contributed by atoms with Crippen molar-refractivity contribution in [3.63, 3.8) is 0 Å². The zero-order chi connectivity index (χ0) is 27.0. The zero-order valence-corrected chi connectivity index (χ0v) is 22.2. The molecule has 14 heteroatoms. The fourth-order valence-electron chi connectivity index (χ4n) is 4.86. The molecule has 3 aromatic rings. The van der Waals surface area contributed by atoms with Crippen LogP contribution in [0.1, 0.15) is 50.9 Å². The number of ether oxygens (including phenoxy) is 1. The van der Waals surface area contributed by atoms with Crippen LogP contribution < -0.4 is 10.5 Å². The quantitative estimate of drug-likeness (QED) is 0.340. The molecule has 202 valence electrons. The molecule has 4 N–H and O–H groups in total. The van der Waals surface area contributed by atoms with E-state index in [9.17, 15) is 22.7 Å². The van der Waals surface area contributed by atoms with Gasteiger partial charge < -0.3 is 15.2 Å². The summed E-state index contributed by atoms with van der Waals surface area (Å²) in [5, 5.41) is 18.4. The largest absolute Gasteiger partial charge is 0.393 e. The van der Waals surface area contributed by atoms with Crippen molar-refractivity contribution in [1.29, 1.82) is 0 Å². The van der Waals surface area contributed by atoms with Crippen LogP contribution in [0.4, 0.5) is 10.2 Å². The summed E-state index contributed by atoms with van der Waals surface area (Å²) < 4.78 is 47.1. The van der Waals surface area contributed by atoms with Gasteiger partial charge in [0.1, 0.15) is 24.1 Å². The summed E-state index contributed by atoms with van der Waals surface area (Å²) in [6, 6.07) is 5.92. The Balaban J connectivity index is 1.35. The predicted molar refractivity (Wildman–Crippen MR) is 138 cm³/mol. The number of nitrogens with two attached hydrogens (primary N) is 1. The molecule has 2 aromatic heterocycles. The highest BCUT2D eigenvalue weighted by atomic mass is 35.5. The monoisotopic (exact) mass is 582 g/mol. The molecule has 0 unspecified atom stereocenters. The predicted octanol–water partition coefficient (Wildman–Crippen LogP) is 3.00. The first kappa shape index (κ1) is 27.1. The maximum absolute atomic E-state index is 14.0. The third-order valence-electron chi connectivity index (χ3n) is 6.67. The number of hydrogen-bond acceptors (Lipinski definition) is 10. The Labute approximate surface area is 227 Å². The van der Waals surface area contributed by atoms with Crippen LogP contribution in [0.15, 0.2) is 36.8 Å². The van der Waals surface area contributed by atoms with Crippen molar-refractivity contribution in [2.75, 3.05) is 18.5 Å². The normalized spacial score (nSPS) is 23.3. The van der Waals surface area contributed by atoms with Gasteiger partial charge in [-0.15, -0.1) is 11.3 Å². The second-order valence-electron chi connectivity index (χ2n) is 9.22. The second-order valence-corrected chi connectivity index (χ2v) is 12.1. The summed E-state index contributed by atoms with van der Waals surface area (Å²) >= 11 is 7.63. The number of hydrogen-bond donors (Lipinski definition) is 3. The number of aliphatic hydroxyl groups excluding tert-OH is 1. The van der Waals surface area contributed by atoms with Gasteiger partial charge in [-0.25, -0.2) is 19.5 Å². The molecule has 1 saturated carbocycles. The van der Waals surface area contributed by atoms with Gasteiger partial charge in [-0.2, -0.15) is 8.42 Å². The SMILES string of the molecule is NS(=O)(=O)OC[C@H]1C[C@@H](Nc2ncncc2C(=O)c2cc([C@@H]3OCCc4ccc(F)cc43)c(Cl)s2)C[C@@H]1O. The van der Waals surface area contributed by atoms with Crippen molar-refractivity contribution in [1.82, 2.24) is 9.97 Å². The van der Waals surface area contributed by atoms with E-state index in [0.29, 0.717) is 46.2 Å². The molecule has 1 aliphatic heterocycles. The van der Waals surface area contributed by atoms with Crippen LogP contribution in [0.3, 0.4) is 0 Å². The van der Waals surface area contributed by atoms with Crippen LogP contribution in [0, 0.1) is 11.7 Å². The first-order chi connectivity index (χ1) is 18.1. The number of carbonyl (C=O) groups is 1. The number of thiophene rings is 1. The fourth-order valence-corrected chi connectivity index (χ4v) is 6.50. The molecule has 0 bridgehead atoms. The highest BCUT2D eigenvalue weighted by Crippen LogP contribution is 2.41. The number of anilines is 1. The minimum atomic E-state index is -4.12. The number of aromatic nitrogens is 2. The van der Waals surface area contributed by atoms with Gasteiger partial charge in [-0.05, 0) is 48.6 Å². The lowest BCUT2D eigenvalue weighted by atomic mass is 9.94. The number of benzene rings is 1. The smallest absolute Gasteiger partial charge is 0.333 e. The first-order valence-electron chi connectivity index (χ1n) is 11.7. The van der Waals surface area contributed by atoms with Gasteiger partial charge in [0.05, 0.1) is 34.1 Å². The van der Waals surface area contributed by atoms with Crippen LogP contribution in [0.2, 0.25) is 4.34 Å². The van der Waals surface area contributed by atoms with Gasteiger partial charge in [0.2, 0.25) is 5.78 Å². The number of rotatable bonds is 8. The molecule has 38 heavy (non-hydrogen) atoms. The number of halogens is 2. The van der Waals surface area contributed by atoms with Crippen molar-refractivity contribution in [2.45, 2.75) is 37.5 Å². The maximum atomic E-state index is 14.0. The van der Waals surface area contributed by atoms with E-state index in [1.165, 1.54) is 24.7 Å². The van der Waals surface area contributed by atoms with E-state index in [-0.39, 0.29) is 35.6 Å². The molecular weight excluding hydrogens is 559 g/mol. The molecule has 0 spiro atoms. The molecule has 5 rings (SSSR count). The Morgan fingerprint density at radius 1 is 1.32 bits per heavy atom. The molecule has 4 atom stereocenters. The molecule has 10 nitrogen and oxygen atoms in total. The van der Waals surface area contributed by atoms with Crippen molar-refractivity contribution in [2.24, 2.45) is 11.1 Å². The number of nitrogens with one attached hydrogen (secondary N) is 1. The molecule has 3 heterocycles. The number of aliphatic hydroxyl groups is 1. The van der Waals surface area contributed by atoms with Crippen LogP contribution in [-0.2, 0) is 25.6 Å². The van der Waals surface area contributed by atoms with Crippen LogP contribution in [0.5, 0.6) is 0 Å². The highest BCUT2D eigenvalue weighted by Gasteiger charge is 2.35. The molecule has 2 aliphatic rings. The van der Waals surface area contributed by atoms with Gasteiger partial charge in [-0.3, -0.25) is 8.98 Å². The third-order valence-corrected chi connectivity index (χ3v) is 8.52. The highest BCUT2D eigenvalue weighted by molar-refractivity contribution is 7.84. The van der Waals surface area contributed by atoms with Gasteiger partial charge in [0, 0.05) is 23.7 Å². The van der Waals surface area contributed by atoms with E-state index in [2.05, 4.69) is 19.5 Å². The number of nitrogens with zero attached hydrogens (tertiary/aromatic N) is 2. The van der Waals surface area contributed by atoms with E-state index in [0.717, 1.165) is 16.9 Å². The van der Waals surface area contributed by atoms with E-state index < -0.39 is 28.4 Å². The summed E-state index contributed by atoms with van der Waals surface area (Å²) in [6.45, 7) is 0.191. The molecule has 0 radical (unpaired) electrons. The average molecular weight is 583 g/mol.